The van der Waals surface area contributed by atoms with Gasteiger partial charge in [-0.05, 0) is 27.2 Å². The molecule has 0 radical (unpaired) electrons. The van der Waals surface area contributed by atoms with Crippen LogP contribution in [0.15, 0.2) is 23.8 Å². The van der Waals surface area contributed by atoms with Gasteiger partial charge in [-0.2, -0.15) is 0 Å². The molecule has 0 aliphatic rings. The summed E-state index contributed by atoms with van der Waals surface area (Å²) in [6, 6.07) is 0. The van der Waals surface area contributed by atoms with Crippen LogP contribution in [-0.4, -0.2) is 10.7 Å². The smallest absolute Gasteiger partial charge is 0.0774 e. The minimum absolute atomic E-state index is 0.690. The Morgan fingerprint density at radius 2 is 2.00 bits per heavy atom. The lowest BCUT2D eigenvalue weighted by Crippen LogP contribution is -2.13. The summed E-state index contributed by atoms with van der Waals surface area (Å²) < 4.78 is 0. The van der Waals surface area contributed by atoms with Crippen LogP contribution in [0, 0.1) is 0 Å². The predicted octanol–water partition coefficient (Wildman–Crippen LogP) is 2.67. The zero-order valence-electron chi connectivity index (χ0n) is 7.89. The summed E-state index contributed by atoms with van der Waals surface area (Å²) in [5, 5.41) is 9.29. The molecule has 0 aliphatic heterocycles. The van der Waals surface area contributed by atoms with Crippen molar-refractivity contribution >= 4 is 0 Å². The van der Waals surface area contributed by atoms with Crippen molar-refractivity contribution in [2.24, 2.45) is 0 Å². The van der Waals surface area contributed by atoms with E-state index in [1.165, 1.54) is 5.57 Å². The molecule has 0 heterocycles. The highest BCUT2D eigenvalue weighted by atomic mass is 16.3. The van der Waals surface area contributed by atoms with Gasteiger partial charge in [-0.3, -0.25) is 0 Å². The first-order valence-corrected chi connectivity index (χ1v) is 4.03. The molecule has 1 nitrogen and oxygen atoms in total. The summed E-state index contributed by atoms with van der Waals surface area (Å²) in [6.45, 7) is 7.72. The third kappa shape index (κ3) is 7.34. The van der Waals surface area contributed by atoms with Gasteiger partial charge in [0.15, 0.2) is 0 Å². The maximum Gasteiger partial charge on any atom is 0.0774 e. The second kappa shape index (κ2) is 4.35. The fraction of sp³-hybridized carbons (Fsp3) is 0.600. The molecule has 0 atom stereocenters. The monoisotopic (exact) mass is 154 g/mol. The van der Waals surface area contributed by atoms with Crippen LogP contribution >= 0.6 is 0 Å². The normalized spacial score (nSPS) is 14.5. The summed E-state index contributed by atoms with van der Waals surface area (Å²) >= 11 is 0. The maximum atomic E-state index is 9.29. The van der Waals surface area contributed by atoms with E-state index in [-0.39, 0.29) is 0 Å². The standard InChI is InChI=1S/C10H18O/c1-5-9(2)7-6-8-10(3,4)11/h6-8,11H,5H2,1-4H3/b8-6-,9-7+. The molecule has 1 heteroatoms. The molecule has 11 heavy (non-hydrogen) atoms. The molecule has 1 N–H and O–H groups in total. The van der Waals surface area contributed by atoms with Crippen molar-refractivity contribution in [1.29, 1.82) is 0 Å². The first-order valence-electron chi connectivity index (χ1n) is 4.03. The number of rotatable bonds is 3. The Hall–Kier alpha value is -0.560. The van der Waals surface area contributed by atoms with E-state index in [0.29, 0.717) is 0 Å². The molecule has 0 aromatic heterocycles. The lowest BCUT2D eigenvalue weighted by atomic mass is 10.1. The Bertz CT molecular complexity index is 158. The molecule has 64 valence electrons. The van der Waals surface area contributed by atoms with Gasteiger partial charge in [0.1, 0.15) is 0 Å². The molecule has 0 aromatic rings. The van der Waals surface area contributed by atoms with E-state index in [0.717, 1.165) is 6.42 Å². The number of aliphatic hydroxyl groups is 1. The first kappa shape index (κ1) is 10.4. The van der Waals surface area contributed by atoms with Crippen LogP contribution in [0.5, 0.6) is 0 Å². The molecule has 0 aromatic carbocycles. The number of hydrogen-bond acceptors (Lipinski definition) is 1. The molecular formula is C10H18O. The van der Waals surface area contributed by atoms with Crippen molar-refractivity contribution in [2.45, 2.75) is 39.7 Å². The topological polar surface area (TPSA) is 20.2 Å². The van der Waals surface area contributed by atoms with E-state index < -0.39 is 5.60 Å². The maximum absolute atomic E-state index is 9.29. The predicted molar refractivity (Wildman–Crippen MR) is 49.5 cm³/mol. The molecule has 0 unspecified atom stereocenters. The zero-order valence-corrected chi connectivity index (χ0v) is 7.89. The molecule has 0 fully saturated rings. The Labute approximate surface area is 69.4 Å². The first-order chi connectivity index (χ1) is 4.95. The van der Waals surface area contributed by atoms with Crippen molar-refractivity contribution in [3.8, 4) is 0 Å². The average Bonchev–Trinajstić information content (AvgIpc) is 1.85. The van der Waals surface area contributed by atoms with E-state index in [1.54, 1.807) is 19.9 Å². The average molecular weight is 154 g/mol. The van der Waals surface area contributed by atoms with Crippen molar-refractivity contribution < 1.29 is 5.11 Å². The Balaban J connectivity index is 3.96. The van der Waals surface area contributed by atoms with Crippen LogP contribution in [0.1, 0.15) is 34.1 Å². The highest BCUT2D eigenvalue weighted by Crippen LogP contribution is 2.04. The Morgan fingerprint density at radius 1 is 1.45 bits per heavy atom. The van der Waals surface area contributed by atoms with Crippen molar-refractivity contribution in [3.05, 3.63) is 23.8 Å². The van der Waals surface area contributed by atoms with Gasteiger partial charge in [-0.25, -0.2) is 0 Å². The van der Waals surface area contributed by atoms with Gasteiger partial charge < -0.3 is 5.11 Å². The van der Waals surface area contributed by atoms with Crippen molar-refractivity contribution in [1.82, 2.24) is 0 Å². The van der Waals surface area contributed by atoms with E-state index in [4.69, 9.17) is 0 Å². The van der Waals surface area contributed by atoms with Crippen molar-refractivity contribution in [3.63, 3.8) is 0 Å². The highest BCUT2D eigenvalue weighted by molar-refractivity contribution is 5.12. The molecule has 0 bridgehead atoms. The minimum Gasteiger partial charge on any atom is -0.386 e. The lowest BCUT2D eigenvalue weighted by Gasteiger charge is -2.09. The van der Waals surface area contributed by atoms with Gasteiger partial charge in [0.2, 0.25) is 0 Å². The summed E-state index contributed by atoms with van der Waals surface area (Å²) in [7, 11) is 0. The molecule has 0 spiro atoms. The largest absolute Gasteiger partial charge is 0.386 e. The lowest BCUT2D eigenvalue weighted by molar-refractivity contribution is 0.133. The van der Waals surface area contributed by atoms with E-state index >= 15 is 0 Å². The van der Waals surface area contributed by atoms with Gasteiger partial charge in [-0.1, -0.05) is 30.7 Å². The summed E-state index contributed by atoms with van der Waals surface area (Å²) in [6.07, 6.45) is 6.78. The van der Waals surface area contributed by atoms with E-state index in [2.05, 4.69) is 13.8 Å². The minimum atomic E-state index is -0.690. The van der Waals surface area contributed by atoms with Gasteiger partial charge in [0.25, 0.3) is 0 Å². The van der Waals surface area contributed by atoms with Crippen LogP contribution in [0.4, 0.5) is 0 Å². The van der Waals surface area contributed by atoms with Crippen LogP contribution in [0.2, 0.25) is 0 Å². The second-order valence-corrected chi connectivity index (χ2v) is 3.38. The molecule has 0 amide bonds. The van der Waals surface area contributed by atoms with Gasteiger partial charge in [0, 0.05) is 0 Å². The number of hydrogen-bond donors (Lipinski definition) is 1. The zero-order chi connectivity index (χ0) is 8.91. The molecule has 0 saturated heterocycles. The van der Waals surface area contributed by atoms with Crippen LogP contribution in [-0.2, 0) is 0 Å². The summed E-state index contributed by atoms with van der Waals surface area (Å²) in [5.41, 5.74) is 0.635. The van der Waals surface area contributed by atoms with E-state index in [1.807, 2.05) is 12.2 Å². The van der Waals surface area contributed by atoms with Crippen LogP contribution in [0.3, 0.4) is 0 Å². The third-order valence-electron chi connectivity index (χ3n) is 1.44. The quantitative estimate of drug-likeness (QED) is 0.620. The third-order valence-corrected chi connectivity index (χ3v) is 1.44. The molecule has 0 aliphatic carbocycles. The fourth-order valence-electron chi connectivity index (χ4n) is 0.566. The summed E-state index contributed by atoms with van der Waals surface area (Å²) in [4.78, 5) is 0. The second-order valence-electron chi connectivity index (χ2n) is 3.38. The van der Waals surface area contributed by atoms with Crippen LogP contribution < -0.4 is 0 Å². The Morgan fingerprint density at radius 3 is 2.36 bits per heavy atom. The molecular weight excluding hydrogens is 136 g/mol. The molecule has 0 saturated carbocycles. The van der Waals surface area contributed by atoms with Gasteiger partial charge in [0.05, 0.1) is 5.60 Å². The van der Waals surface area contributed by atoms with Crippen LogP contribution in [0.25, 0.3) is 0 Å². The Kier molecular flexibility index (Phi) is 4.12. The number of allylic oxidation sites excluding steroid dienone is 3. The van der Waals surface area contributed by atoms with Gasteiger partial charge >= 0.3 is 0 Å². The fourth-order valence-corrected chi connectivity index (χ4v) is 0.566. The van der Waals surface area contributed by atoms with Gasteiger partial charge in [-0.15, -0.1) is 0 Å². The summed E-state index contributed by atoms with van der Waals surface area (Å²) in [5.74, 6) is 0. The van der Waals surface area contributed by atoms with E-state index in [9.17, 15) is 5.11 Å². The van der Waals surface area contributed by atoms with Crippen molar-refractivity contribution in [2.75, 3.05) is 0 Å². The SMILES string of the molecule is CC/C(C)=C/C=C\C(C)(C)O. The highest BCUT2D eigenvalue weighted by Gasteiger charge is 2.04. The molecule has 0 rings (SSSR count).